The lowest BCUT2D eigenvalue weighted by Gasteiger charge is -2.09. The predicted molar refractivity (Wildman–Crippen MR) is 74.5 cm³/mol. The van der Waals surface area contributed by atoms with Crippen LogP contribution in [0.1, 0.15) is 11.1 Å². The largest absolute Gasteiger partial charge is 0.416 e. The van der Waals surface area contributed by atoms with Crippen LogP contribution in [0.4, 0.5) is 18.9 Å². The summed E-state index contributed by atoms with van der Waals surface area (Å²) < 4.78 is 37.4. The maximum atomic E-state index is 12.5. The average molecular weight is 309 g/mol. The monoisotopic (exact) mass is 309 g/mol. The molecule has 2 rings (SSSR count). The number of hydrogen-bond donors (Lipinski definition) is 0. The Hall–Kier alpha value is -2.04. The van der Waals surface area contributed by atoms with Gasteiger partial charge in [0, 0.05) is 9.79 Å². The molecule has 108 valence electrons. The number of benzene rings is 2. The Bertz CT molecular complexity index is 689. The van der Waals surface area contributed by atoms with Gasteiger partial charge in [0.2, 0.25) is 6.08 Å². The van der Waals surface area contributed by atoms with Crippen molar-refractivity contribution in [3.05, 3.63) is 53.6 Å². The molecule has 0 unspecified atom stereocenters. The van der Waals surface area contributed by atoms with Crippen LogP contribution in [0.3, 0.4) is 0 Å². The van der Waals surface area contributed by atoms with Crippen LogP contribution in [0.25, 0.3) is 0 Å². The Morgan fingerprint density at radius 2 is 1.76 bits per heavy atom. The standard InChI is InChI=1S/C15H10F3NOS/c1-10-8-12(19-9-20)4-7-14(10)21-13-5-2-11(3-6-13)15(16,17)18/h2-8H,1H3. The lowest BCUT2D eigenvalue weighted by atomic mass is 10.2. The molecule has 0 aliphatic heterocycles. The van der Waals surface area contributed by atoms with Crippen molar-refractivity contribution in [3.63, 3.8) is 0 Å². The quantitative estimate of drug-likeness (QED) is 0.581. The van der Waals surface area contributed by atoms with E-state index in [1.54, 1.807) is 18.2 Å². The molecule has 0 aromatic heterocycles. The van der Waals surface area contributed by atoms with Crippen LogP contribution in [-0.4, -0.2) is 6.08 Å². The fourth-order valence-electron chi connectivity index (χ4n) is 1.71. The lowest BCUT2D eigenvalue weighted by Crippen LogP contribution is -2.03. The summed E-state index contributed by atoms with van der Waals surface area (Å²) in [6.07, 6.45) is -2.86. The average Bonchev–Trinajstić information content (AvgIpc) is 2.42. The zero-order chi connectivity index (χ0) is 15.5. The fourth-order valence-corrected chi connectivity index (χ4v) is 2.59. The number of nitrogens with zero attached hydrogens (tertiary/aromatic N) is 1. The van der Waals surface area contributed by atoms with Crippen molar-refractivity contribution >= 4 is 23.5 Å². The Kier molecular flexibility index (Phi) is 4.50. The second-order valence-corrected chi connectivity index (χ2v) is 5.39. The van der Waals surface area contributed by atoms with Crippen molar-refractivity contribution in [2.75, 3.05) is 0 Å². The zero-order valence-electron chi connectivity index (χ0n) is 10.9. The van der Waals surface area contributed by atoms with Crippen molar-refractivity contribution in [1.82, 2.24) is 0 Å². The van der Waals surface area contributed by atoms with E-state index in [1.165, 1.54) is 30.0 Å². The van der Waals surface area contributed by atoms with E-state index >= 15 is 0 Å². The Morgan fingerprint density at radius 1 is 1.10 bits per heavy atom. The van der Waals surface area contributed by atoms with Gasteiger partial charge in [-0.3, -0.25) is 0 Å². The van der Waals surface area contributed by atoms with E-state index < -0.39 is 11.7 Å². The molecule has 0 saturated heterocycles. The molecule has 0 aliphatic carbocycles. The number of halogens is 3. The van der Waals surface area contributed by atoms with Crippen LogP contribution in [0.15, 0.2) is 57.2 Å². The van der Waals surface area contributed by atoms with E-state index in [-0.39, 0.29) is 0 Å². The third kappa shape index (κ3) is 3.97. The van der Waals surface area contributed by atoms with Crippen molar-refractivity contribution < 1.29 is 18.0 Å². The highest BCUT2D eigenvalue weighted by Gasteiger charge is 2.29. The first-order valence-electron chi connectivity index (χ1n) is 5.94. The van der Waals surface area contributed by atoms with Gasteiger partial charge in [-0.05, 0) is 55.0 Å². The number of carbonyl (C=O) groups excluding carboxylic acids is 1. The van der Waals surface area contributed by atoms with Crippen LogP contribution in [0.2, 0.25) is 0 Å². The van der Waals surface area contributed by atoms with Crippen LogP contribution >= 0.6 is 11.8 Å². The molecule has 2 aromatic rings. The third-order valence-electron chi connectivity index (χ3n) is 2.74. The molecule has 0 saturated carbocycles. The van der Waals surface area contributed by atoms with E-state index in [4.69, 9.17) is 0 Å². The molecule has 6 heteroatoms. The van der Waals surface area contributed by atoms with Crippen LogP contribution in [0.5, 0.6) is 0 Å². The summed E-state index contributed by atoms with van der Waals surface area (Å²) in [6, 6.07) is 10.1. The summed E-state index contributed by atoms with van der Waals surface area (Å²) in [7, 11) is 0. The predicted octanol–water partition coefficient (Wildman–Crippen LogP) is 5.13. The number of isocyanates is 1. The molecule has 2 aromatic carbocycles. The van der Waals surface area contributed by atoms with Gasteiger partial charge in [0.05, 0.1) is 11.3 Å². The zero-order valence-corrected chi connectivity index (χ0v) is 11.8. The second kappa shape index (κ2) is 6.16. The van der Waals surface area contributed by atoms with Crippen molar-refractivity contribution in [1.29, 1.82) is 0 Å². The maximum absolute atomic E-state index is 12.5. The Labute approximate surface area is 123 Å². The molecular weight excluding hydrogens is 299 g/mol. The topological polar surface area (TPSA) is 29.4 Å². The van der Waals surface area contributed by atoms with Gasteiger partial charge in [0.15, 0.2) is 0 Å². The highest BCUT2D eigenvalue weighted by molar-refractivity contribution is 7.99. The maximum Gasteiger partial charge on any atom is 0.416 e. The summed E-state index contributed by atoms with van der Waals surface area (Å²) in [4.78, 5) is 15.3. The lowest BCUT2D eigenvalue weighted by molar-refractivity contribution is -0.137. The first kappa shape index (κ1) is 15.4. The fraction of sp³-hybridized carbons (Fsp3) is 0.133. The van der Waals surface area contributed by atoms with Gasteiger partial charge in [-0.15, -0.1) is 0 Å². The first-order valence-corrected chi connectivity index (χ1v) is 6.75. The number of aryl methyl sites for hydroxylation is 1. The molecule has 0 N–H and O–H groups in total. The van der Waals surface area contributed by atoms with Gasteiger partial charge in [-0.25, -0.2) is 4.79 Å². The molecule has 0 fully saturated rings. The SMILES string of the molecule is Cc1cc(N=C=O)ccc1Sc1ccc(C(F)(F)F)cc1. The van der Waals surface area contributed by atoms with Crippen molar-refractivity contribution in [2.24, 2.45) is 4.99 Å². The van der Waals surface area contributed by atoms with Gasteiger partial charge >= 0.3 is 6.18 Å². The summed E-state index contributed by atoms with van der Waals surface area (Å²) in [6.45, 7) is 1.84. The smallest absolute Gasteiger partial charge is 0.211 e. The number of hydrogen-bond acceptors (Lipinski definition) is 3. The molecular formula is C15H10F3NOS. The van der Waals surface area contributed by atoms with Crippen LogP contribution in [-0.2, 0) is 11.0 Å². The van der Waals surface area contributed by atoms with E-state index in [1.807, 2.05) is 6.92 Å². The minimum atomic E-state index is -4.33. The number of alkyl halides is 3. The van der Waals surface area contributed by atoms with Gasteiger partial charge in [0.1, 0.15) is 0 Å². The molecule has 0 bridgehead atoms. The minimum absolute atomic E-state index is 0.499. The second-order valence-electron chi connectivity index (χ2n) is 4.28. The van der Waals surface area contributed by atoms with E-state index in [2.05, 4.69) is 4.99 Å². The Morgan fingerprint density at radius 3 is 2.29 bits per heavy atom. The van der Waals surface area contributed by atoms with Gasteiger partial charge in [-0.2, -0.15) is 18.2 Å². The van der Waals surface area contributed by atoms with Gasteiger partial charge in [0.25, 0.3) is 0 Å². The van der Waals surface area contributed by atoms with Crippen LogP contribution < -0.4 is 0 Å². The normalized spacial score (nSPS) is 11.0. The highest BCUT2D eigenvalue weighted by Crippen LogP contribution is 2.35. The van der Waals surface area contributed by atoms with E-state index in [0.29, 0.717) is 10.6 Å². The molecule has 0 aliphatic rings. The minimum Gasteiger partial charge on any atom is -0.211 e. The van der Waals surface area contributed by atoms with Crippen molar-refractivity contribution in [3.8, 4) is 0 Å². The molecule has 0 radical (unpaired) electrons. The summed E-state index contributed by atoms with van der Waals surface area (Å²) in [5, 5.41) is 0. The highest BCUT2D eigenvalue weighted by atomic mass is 32.2. The van der Waals surface area contributed by atoms with Crippen molar-refractivity contribution in [2.45, 2.75) is 22.9 Å². The van der Waals surface area contributed by atoms with E-state index in [9.17, 15) is 18.0 Å². The summed E-state index contributed by atoms with van der Waals surface area (Å²) in [5.41, 5.74) is 0.718. The van der Waals surface area contributed by atoms with E-state index in [0.717, 1.165) is 22.6 Å². The summed E-state index contributed by atoms with van der Waals surface area (Å²) >= 11 is 1.35. The molecule has 21 heavy (non-hydrogen) atoms. The molecule has 0 amide bonds. The first-order chi connectivity index (χ1) is 9.90. The summed E-state index contributed by atoms with van der Waals surface area (Å²) in [5.74, 6) is 0. The van der Waals surface area contributed by atoms with Gasteiger partial charge in [-0.1, -0.05) is 11.8 Å². The molecule has 0 heterocycles. The third-order valence-corrected chi connectivity index (χ3v) is 3.93. The molecule has 2 nitrogen and oxygen atoms in total. The number of aliphatic imine (C=N–C) groups is 1. The van der Waals surface area contributed by atoms with Crippen LogP contribution in [0, 0.1) is 6.92 Å². The molecule has 0 atom stereocenters. The molecule has 0 spiro atoms. The Balaban J connectivity index is 2.20. The van der Waals surface area contributed by atoms with Gasteiger partial charge < -0.3 is 0 Å². The number of rotatable bonds is 3.